The van der Waals surface area contributed by atoms with E-state index in [-0.39, 0.29) is 0 Å². The molecule has 0 heterocycles. The summed E-state index contributed by atoms with van der Waals surface area (Å²) < 4.78 is 5.26. The lowest BCUT2D eigenvalue weighted by Gasteiger charge is -2.26. The second-order valence-electron chi connectivity index (χ2n) is 5.56. The summed E-state index contributed by atoms with van der Waals surface area (Å²) in [6, 6.07) is 14.2. The first-order chi connectivity index (χ1) is 10.3. The minimum absolute atomic E-state index is 0.312. The van der Waals surface area contributed by atoms with E-state index in [1.807, 2.05) is 24.3 Å². The quantitative estimate of drug-likeness (QED) is 0.901. The van der Waals surface area contributed by atoms with Crippen LogP contribution in [0.1, 0.15) is 35.6 Å². The number of fused-ring (bicyclic) bond motifs is 1. The second kappa shape index (κ2) is 6.19. The molecule has 3 heteroatoms. The predicted molar refractivity (Wildman–Crippen MR) is 83.6 cm³/mol. The number of ether oxygens (including phenoxy) is 1. The van der Waals surface area contributed by atoms with Crippen LogP contribution in [-0.4, -0.2) is 12.2 Å². The van der Waals surface area contributed by atoms with Gasteiger partial charge in [-0.05, 0) is 60.2 Å². The van der Waals surface area contributed by atoms with E-state index in [2.05, 4.69) is 17.4 Å². The van der Waals surface area contributed by atoms with Crippen molar-refractivity contribution in [3.63, 3.8) is 0 Å². The Hall–Kier alpha value is -2.00. The topological polar surface area (TPSA) is 41.5 Å². The summed E-state index contributed by atoms with van der Waals surface area (Å²) in [6.45, 7) is 0.803. The summed E-state index contributed by atoms with van der Waals surface area (Å²) in [6.07, 6.45) is 3.40. The van der Waals surface area contributed by atoms with E-state index in [1.54, 1.807) is 13.2 Å². The van der Waals surface area contributed by atoms with Gasteiger partial charge in [-0.25, -0.2) is 0 Å². The van der Waals surface area contributed by atoms with Crippen molar-refractivity contribution in [3.05, 3.63) is 59.2 Å². The highest BCUT2D eigenvalue weighted by atomic mass is 16.5. The van der Waals surface area contributed by atoms with E-state index in [1.165, 1.54) is 23.1 Å². The van der Waals surface area contributed by atoms with Crippen LogP contribution in [0, 0.1) is 0 Å². The van der Waals surface area contributed by atoms with Gasteiger partial charge in [-0.2, -0.15) is 0 Å². The van der Waals surface area contributed by atoms with Crippen LogP contribution in [0.25, 0.3) is 0 Å². The van der Waals surface area contributed by atoms with Crippen LogP contribution in [0.2, 0.25) is 0 Å². The highest BCUT2D eigenvalue weighted by Crippen LogP contribution is 2.32. The van der Waals surface area contributed by atoms with Crippen molar-refractivity contribution in [1.82, 2.24) is 5.32 Å². The third-order valence-corrected chi connectivity index (χ3v) is 4.13. The number of aryl methyl sites for hydroxylation is 1. The third-order valence-electron chi connectivity index (χ3n) is 4.13. The van der Waals surface area contributed by atoms with Crippen LogP contribution in [0.3, 0.4) is 0 Å². The number of methoxy groups -OCH3 is 1. The average molecular weight is 283 g/mol. The summed E-state index contributed by atoms with van der Waals surface area (Å²) in [5, 5.41) is 13.3. The van der Waals surface area contributed by atoms with Crippen molar-refractivity contribution < 1.29 is 9.84 Å². The maximum atomic E-state index is 9.72. The molecule has 21 heavy (non-hydrogen) atoms. The highest BCUT2D eigenvalue weighted by Gasteiger charge is 2.20. The van der Waals surface area contributed by atoms with Crippen LogP contribution in [0.5, 0.6) is 11.5 Å². The first kappa shape index (κ1) is 14.0. The lowest BCUT2D eigenvalue weighted by Crippen LogP contribution is -2.24. The molecule has 2 aromatic rings. The molecule has 0 saturated carbocycles. The van der Waals surface area contributed by atoms with Crippen molar-refractivity contribution in [2.45, 2.75) is 31.8 Å². The van der Waals surface area contributed by atoms with E-state index in [0.717, 1.165) is 25.1 Å². The zero-order valence-electron chi connectivity index (χ0n) is 12.3. The summed E-state index contributed by atoms with van der Waals surface area (Å²) in [7, 11) is 1.69. The fraction of sp³-hybridized carbons (Fsp3) is 0.333. The van der Waals surface area contributed by atoms with Crippen LogP contribution in [-0.2, 0) is 13.0 Å². The zero-order valence-corrected chi connectivity index (χ0v) is 12.3. The Morgan fingerprint density at radius 3 is 3.00 bits per heavy atom. The minimum atomic E-state index is 0.312. The van der Waals surface area contributed by atoms with Gasteiger partial charge in [0, 0.05) is 12.6 Å². The number of aromatic hydroxyl groups is 1. The predicted octanol–water partition coefficient (Wildman–Crippen LogP) is 3.57. The average Bonchev–Trinajstić information content (AvgIpc) is 2.53. The molecule has 1 aliphatic rings. The van der Waals surface area contributed by atoms with E-state index < -0.39 is 0 Å². The van der Waals surface area contributed by atoms with Crippen LogP contribution >= 0.6 is 0 Å². The van der Waals surface area contributed by atoms with Gasteiger partial charge in [0.1, 0.15) is 11.5 Å². The van der Waals surface area contributed by atoms with Gasteiger partial charge in [0.2, 0.25) is 0 Å². The van der Waals surface area contributed by atoms with Gasteiger partial charge in [-0.1, -0.05) is 18.2 Å². The highest BCUT2D eigenvalue weighted by molar-refractivity contribution is 5.38. The molecule has 110 valence electrons. The molecule has 0 saturated heterocycles. The fourth-order valence-electron chi connectivity index (χ4n) is 3.02. The first-order valence-corrected chi connectivity index (χ1v) is 7.44. The lowest BCUT2D eigenvalue weighted by atomic mass is 9.87. The maximum absolute atomic E-state index is 9.72. The Morgan fingerprint density at radius 2 is 2.14 bits per heavy atom. The monoisotopic (exact) mass is 283 g/mol. The third kappa shape index (κ3) is 3.19. The molecule has 0 spiro atoms. The van der Waals surface area contributed by atoms with Crippen molar-refractivity contribution in [1.29, 1.82) is 0 Å². The lowest BCUT2D eigenvalue weighted by molar-refractivity contribution is 0.413. The number of hydrogen-bond acceptors (Lipinski definition) is 3. The normalized spacial score (nSPS) is 17.3. The van der Waals surface area contributed by atoms with Crippen molar-refractivity contribution in [2.24, 2.45) is 0 Å². The van der Waals surface area contributed by atoms with E-state index in [4.69, 9.17) is 4.74 Å². The van der Waals surface area contributed by atoms with Crippen LogP contribution in [0.4, 0.5) is 0 Å². The van der Waals surface area contributed by atoms with Crippen molar-refractivity contribution in [3.8, 4) is 11.5 Å². The molecule has 3 rings (SSSR count). The smallest absolute Gasteiger partial charge is 0.119 e. The molecule has 0 bridgehead atoms. The van der Waals surface area contributed by atoms with Crippen LogP contribution in [0.15, 0.2) is 42.5 Å². The molecule has 0 aliphatic heterocycles. The maximum Gasteiger partial charge on any atom is 0.119 e. The van der Waals surface area contributed by atoms with Crippen molar-refractivity contribution >= 4 is 0 Å². The molecular weight excluding hydrogens is 262 g/mol. The van der Waals surface area contributed by atoms with Gasteiger partial charge in [0.15, 0.2) is 0 Å². The number of rotatable bonds is 4. The van der Waals surface area contributed by atoms with Gasteiger partial charge in [-0.3, -0.25) is 0 Å². The Bertz CT molecular complexity index is 624. The molecule has 1 unspecified atom stereocenters. The molecule has 2 N–H and O–H groups in total. The van der Waals surface area contributed by atoms with E-state index >= 15 is 0 Å². The molecule has 3 nitrogen and oxygen atoms in total. The SMILES string of the molecule is COc1cccc(CNC2CCCc3ccc(O)cc32)c1. The molecular formula is C18H21NO2. The molecule has 1 atom stereocenters. The minimum Gasteiger partial charge on any atom is -0.508 e. The molecule has 2 aromatic carbocycles. The summed E-state index contributed by atoms with van der Waals surface area (Å²) in [5.41, 5.74) is 3.80. The summed E-state index contributed by atoms with van der Waals surface area (Å²) in [5.74, 6) is 1.24. The Kier molecular flexibility index (Phi) is 4.11. The fourth-order valence-corrected chi connectivity index (χ4v) is 3.02. The van der Waals surface area contributed by atoms with Crippen molar-refractivity contribution in [2.75, 3.05) is 7.11 Å². The molecule has 0 radical (unpaired) electrons. The van der Waals surface area contributed by atoms with E-state index in [0.29, 0.717) is 11.8 Å². The molecule has 1 aliphatic carbocycles. The number of hydrogen-bond donors (Lipinski definition) is 2. The number of phenols is 1. The standard InChI is InChI=1S/C18H21NO2/c1-21-16-6-2-4-13(10-16)12-19-18-7-3-5-14-8-9-15(20)11-17(14)18/h2,4,6,8-11,18-20H,3,5,7,12H2,1H3. The van der Waals surface area contributed by atoms with Gasteiger partial charge in [0.05, 0.1) is 7.11 Å². The Labute approximate surface area is 125 Å². The van der Waals surface area contributed by atoms with Gasteiger partial charge in [-0.15, -0.1) is 0 Å². The first-order valence-electron chi connectivity index (χ1n) is 7.44. The van der Waals surface area contributed by atoms with E-state index in [9.17, 15) is 5.11 Å². The summed E-state index contributed by atoms with van der Waals surface area (Å²) >= 11 is 0. The number of phenolic OH excluding ortho intramolecular Hbond substituents is 1. The Balaban J connectivity index is 1.73. The van der Waals surface area contributed by atoms with Gasteiger partial charge < -0.3 is 15.2 Å². The van der Waals surface area contributed by atoms with Gasteiger partial charge in [0.25, 0.3) is 0 Å². The van der Waals surface area contributed by atoms with Crippen LogP contribution < -0.4 is 10.1 Å². The number of benzene rings is 2. The van der Waals surface area contributed by atoms with Gasteiger partial charge >= 0.3 is 0 Å². The second-order valence-corrected chi connectivity index (χ2v) is 5.56. The Morgan fingerprint density at radius 1 is 1.24 bits per heavy atom. The molecule has 0 aromatic heterocycles. The molecule has 0 fully saturated rings. The summed E-state index contributed by atoms with van der Waals surface area (Å²) in [4.78, 5) is 0. The largest absolute Gasteiger partial charge is 0.508 e. The number of nitrogens with one attached hydrogen (secondary N) is 1. The zero-order chi connectivity index (χ0) is 14.7. The molecule has 0 amide bonds.